The van der Waals surface area contributed by atoms with E-state index in [1.807, 2.05) is 0 Å². The Morgan fingerprint density at radius 2 is 1.67 bits per heavy atom. The summed E-state index contributed by atoms with van der Waals surface area (Å²) < 4.78 is 27.0. The number of hydrogen-bond donors (Lipinski definition) is 1. The van der Waals surface area contributed by atoms with Crippen molar-refractivity contribution in [2.75, 3.05) is 32.7 Å². The van der Waals surface area contributed by atoms with E-state index in [9.17, 15) is 18.0 Å². The Balaban J connectivity index is 1.83. The van der Waals surface area contributed by atoms with Gasteiger partial charge in [-0.15, -0.1) is 0 Å². The van der Waals surface area contributed by atoms with Crippen molar-refractivity contribution in [2.45, 2.75) is 25.2 Å². The largest absolute Gasteiger partial charge is 0.339 e. The molecule has 0 bridgehead atoms. The highest BCUT2D eigenvalue weighted by molar-refractivity contribution is 7.89. The van der Waals surface area contributed by atoms with Gasteiger partial charge in [-0.3, -0.25) is 9.59 Å². The molecule has 1 aromatic carbocycles. The van der Waals surface area contributed by atoms with Crippen molar-refractivity contribution >= 4 is 21.8 Å². The minimum Gasteiger partial charge on any atom is -0.339 e. The molecule has 2 rings (SSSR count). The molecule has 0 radical (unpaired) electrons. The molecule has 0 aromatic heterocycles. The second kappa shape index (κ2) is 7.76. The molecule has 24 heavy (non-hydrogen) atoms. The fourth-order valence-electron chi connectivity index (χ4n) is 2.66. The maximum absolute atomic E-state index is 12.2. The highest BCUT2D eigenvalue weighted by Crippen LogP contribution is 2.13. The second-order valence-electron chi connectivity index (χ2n) is 5.80. The van der Waals surface area contributed by atoms with Crippen LogP contribution in [0, 0.1) is 6.92 Å². The van der Waals surface area contributed by atoms with Gasteiger partial charge in [0.15, 0.2) is 0 Å². The first-order valence-electron chi connectivity index (χ1n) is 7.90. The zero-order valence-electron chi connectivity index (χ0n) is 14.0. The van der Waals surface area contributed by atoms with Crippen LogP contribution in [0.5, 0.6) is 0 Å². The smallest absolute Gasteiger partial charge is 0.240 e. The zero-order chi connectivity index (χ0) is 17.7. The number of sulfonamides is 1. The Kier molecular flexibility index (Phi) is 5.95. The van der Waals surface area contributed by atoms with Gasteiger partial charge < -0.3 is 9.80 Å². The van der Waals surface area contributed by atoms with Crippen molar-refractivity contribution in [2.24, 2.45) is 0 Å². The summed E-state index contributed by atoms with van der Waals surface area (Å²) in [5, 5.41) is 0. The summed E-state index contributed by atoms with van der Waals surface area (Å²) in [6.07, 6.45) is 0.102. The van der Waals surface area contributed by atoms with Gasteiger partial charge in [-0.25, -0.2) is 13.1 Å². The van der Waals surface area contributed by atoms with Crippen molar-refractivity contribution in [3.63, 3.8) is 0 Å². The Morgan fingerprint density at radius 3 is 2.25 bits per heavy atom. The van der Waals surface area contributed by atoms with Crippen LogP contribution in [0.4, 0.5) is 0 Å². The number of carbonyl (C=O) groups excluding carboxylic acids is 2. The molecule has 1 N–H and O–H groups in total. The highest BCUT2D eigenvalue weighted by atomic mass is 32.2. The lowest BCUT2D eigenvalue weighted by Gasteiger charge is -2.34. The third kappa shape index (κ3) is 4.55. The zero-order valence-corrected chi connectivity index (χ0v) is 14.8. The number of aryl methyl sites for hydroxylation is 1. The number of benzene rings is 1. The first kappa shape index (κ1) is 18.4. The molecule has 0 saturated carbocycles. The molecule has 0 spiro atoms. The van der Waals surface area contributed by atoms with E-state index in [1.54, 1.807) is 41.0 Å². The van der Waals surface area contributed by atoms with E-state index in [2.05, 4.69) is 4.72 Å². The van der Waals surface area contributed by atoms with Crippen LogP contribution < -0.4 is 4.72 Å². The van der Waals surface area contributed by atoms with Crippen LogP contribution in [-0.4, -0.2) is 62.8 Å². The van der Waals surface area contributed by atoms with Gasteiger partial charge in [-0.05, 0) is 18.6 Å². The van der Waals surface area contributed by atoms with E-state index in [4.69, 9.17) is 0 Å². The Labute approximate surface area is 142 Å². The highest BCUT2D eigenvalue weighted by Gasteiger charge is 2.23. The van der Waals surface area contributed by atoms with Crippen LogP contribution in [0.3, 0.4) is 0 Å². The quantitative estimate of drug-likeness (QED) is 0.828. The molecule has 1 aliphatic rings. The predicted octanol–water partition coefficient (Wildman–Crippen LogP) is 0.354. The molecular formula is C16H23N3O4S. The number of rotatable bonds is 5. The number of nitrogens with zero attached hydrogens (tertiary/aromatic N) is 2. The summed E-state index contributed by atoms with van der Waals surface area (Å²) >= 11 is 0. The first-order valence-corrected chi connectivity index (χ1v) is 9.38. The molecule has 2 amide bonds. The van der Waals surface area contributed by atoms with Gasteiger partial charge >= 0.3 is 0 Å². The number of carbonyl (C=O) groups is 2. The van der Waals surface area contributed by atoms with Gasteiger partial charge in [0.1, 0.15) is 0 Å². The van der Waals surface area contributed by atoms with E-state index < -0.39 is 10.0 Å². The van der Waals surface area contributed by atoms with Crippen LogP contribution in [-0.2, 0) is 19.6 Å². The number of hydrogen-bond acceptors (Lipinski definition) is 4. The lowest BCUT2D eigenvalue weighted by molar-refractivity contribution is -0.138. The standard InChI is InChI=1S/C16H23N3O4S/c1-13-5-3-4-6-15(13)24(22,23)17-8-7-16(21)19-11-9-18(10-12-19)14(2)20/h3-6,17H,7-12H2,1-2H3. The fourth-order valence-corrected chi connectivity index (χ4v) is 3.93. The summed E-state index contributed by atoms with van der Waals surface area (Å²) in [5.41, 5.74) is 0.664. The molecule has 1 heterocycles. The van der Waals surface area contributed by atoms with E-state index in [0.717, 1.165) is 0 Å². The Morgan fingerprint density at radius 1 is 1.08 bits per heavy atom. The molecule has 0 unspecified atom stereocenters. The van der Waals surface area contributed by atoms with Gasteiger partial charge in [0.2, 0.25) is 21.8 Å². The molecule has 0 aliphatic carbocycles. The monoisotopic (exact) mass is 353 g/mol. The van der Waals surface area contributed by atoms with Gasteiger partial charge in [0.05, 0.1) is 4.90 Å². The third-order valence-corrected chi connectivity index (χ3v) is 5.71. The fraction of sp³-hybridized carbons (Fsp3) is 0.500. The number of piperazine rings is 1. The predicted molar refractivity (Wildman–Crippen MR) is 89.8 cm³/mol. The lowest BCUT2D eigenvalue weighted by Crippen LogP contribution is -2.50. The van der Waals surface area contributed by atoms with E-state index in [-0.39, 0.29) is 29.7 Å². The van der Waals surface area contributed by atoms with Crippen molar-refractivity contribution in [1.82, 2.24) is 14.5 Å². The van der Waals surface area contributed by atoms with Crippen molar-refractivity contribution in [3.8, 4) is 0 Å². The third-order valence-electron chi connectivity index (χ3n) is 4.09. The average molecular weight is 353 g/mol. The van der Waals surface area contributed by atoms with Crippen LogP contribution in [0.15, 0.2) is 29.2 Å². The SMILES string of the molecule is CC(=O)N1CCN(C(=O)CCNS(=O)(=O)c2ccccc2C)CC1. The van der Waals surface area contributed by atoms with E-state index in [1.165, 1.54) is 6.92 Å². The van der Waals surface area contributed by atoms with Crippen molar-refractivity contribution in [1.29, 1.82) is 0 Å². The number of amides is 2. The van der Waals surface area contributed by atoms with Crippen molar-refractivity contribution in [3.05, 3.63) is 29.8 Å². The second-order valence-corrected chi connectivity index (χ2v) is 7.54. The van der Waals surface area contributed by atoms with Crippen LogP contribution >= 0.6 is 0 Å². The van der Waals surface area contributed by atoms with Gasteiger partial charge in [0, 0.05) is 46.1 Å². The van der Waals surface area contributed by atoms with Gasteiger partial charge in [-0.1, -0.05) is 18.2 Å². The molecule has 1 aliphatic heterocycles. The van der Waals surface area contributed by atoms with Crippen LogP contribution in [0.1, 0.15) is 18.9 Å². The van der Waals surface area contributed by atoms with Gasteiger partial charge in [0.25, 0.3) is 0 Å². The summed E-state index contributed by atoms with van der Waals surface area (Å²) in [5.74, 6) is -0.0984. The molecule has 8 heteroatoms. The molecule has 132 valence electrons. The van der Waals surface area contributed by atoms with E-state index >= 15 is 0 Å². The van der Waals surface area contributed by atoms with Crippen LogP contribution in [0.2, 0.25) is 0 Å². The summed E-state index contributed by atoms with van der Waals surface area (Å²) in [7, 11) is -3.61. The minimum absolute atomic E-state index is 0.00749. The average Bonchev–Trinajstić information content (AvgIpc) is 2.55. The molecular weight excluding hydrogens is 330 g/mol. The maximum atomic E-state index is 12.2. The molecule has 7 nitrogen and oxygen atoms in total. The topological polar surface area (TPSA) is 86.8 Å². The summed E-state index contributed by atoms with van der Waals surface area (Å²) in [4.78, 5) is 27.0. The normalized spacial score (nSPS) is 15.4. The maximum Gasteiger partial charge on any atom is 0.240 e. The van der Waals surface area contributed by atoms with Crippen LogP contribution in [0.25, 0.3) is 0 Å². The van der Waals surface area contributed by atoms with Gasteiger partial charge in [-0.2, -0.15) is 0 Å². The molecule has 0 atom stereocenters. The first-order chi connectivity index (χ1) is 11.3. The minimum atomic E-state index is -3.61. The summed E-state index contributed by atoms with van der Waals surface area (Å²) in [6.45, 7) is 5.33. The Hall–Kier alpha value is -1.93. The lowest BCUT2D eigenvalue weighted by atomic mass is 10.2. The summed E-state index contributed by atoms with van der Waals surface area (Å²) in [6, 6.07) is 6.72. The molecule has 1 saturated heterocycles. The van der Waals surface area contributed by atoms with E-state index in [0.29, 0.717) is 31.7 Å². The van der Waals surface area contributed by atoms with Crippen molar-refractivity contribution < 1.29 is 18.0 Å². The molecule has 1 fully saturated rings. The number of nitrogens with one attached hydrogen (secondary N) is 1. The molecule has 1 aromatic rings. The Bertz CT molecular complexity index is 710.